The summed E-state index contributed by atoms with van der Waals surface area (Å²) < 4.78 is 35.6. The van der Waals surface area contributed by atoms with Crippen LogP contribution in [0.25, 0.3) is 6.08 Å². The molecule has 3 rings (SSSR count). The second kappa shape index (κ2) is 11.4. The van der Waals surface area contributed by atoms with Crippen molar-refractivity contribution in [2.75, 3.05) is 12.4 Å². The Kier molecular flexibility index (Phi) is 8.26. The van der Waals surface area contributed by atoms with Gasteiger partial charge in [-0.25, -0.2) is 0 Å². The van der Waals surface area contributed by atoms with Crippen LogP contribution in [0.4, 0.5) is 17.1 Å². The Balaban J connectivity index is 1.88. The van der Waals surface area contributed by atoms with Gasteiger partial charge in [-0.1, -0.05) is 29.8 Å². The third kappa shape index (κ3) is 6.22. The second-order valence-corrected chi connectivity index (χ2v) is 9.14. The van der Waals surface area contributed by atoms with Crippen molar-refractivity contribution in [2.24, 2.45) is 0 Å². The number of benzene rings is 3. The highest BCUT2D eigenvalue weighted by Crippen LogP contribution is 2.33. The van der Waals surface area contributed by atoms with E-state index in [0.29, 0.717) is 0 Å². The van der Waals surface area contributed by atoms with Crippen LogP contribution in [-0.2, 0) is 14.9 Å². The Morgan fingerprint density at radius 3 is 2.34 bits per heavy atom. The van der Waals surface area contributed by atoms with E-state index in [1.54, 1.807) is 6.07 Å². The Labute approximate surface area is 219 Å². The van der Waals surface area contributed by atoms with E-state index in [9.17, 15) is 38.7 Å². The van der Waals surface area contributed by atoms with Crippen LogP contribution in [0.1, 0.15) is 5.56 Å². The maximum Gasteiger partial charge on any atom is 0.346 e. The number of rotatable bonds is 9. The molecule has 0 aliphatic heterocycles. The molecule has 1 N–H and O–H groups in total. The Bertz CT molecular complexity index is 1630. The zero-order valence-corrected chi connectivity index (χ0v) is 20.7. The number of para-hydroxylation sites is 1. The number of carbonyl (C=O) groups is 1. The van der Waals surface area contributed by atoms with Crippen LogP contribution < -0.4 is 14.2 Å². The fourth-order valence-corrected chi connectivity index (χ4v) is 4.36. The van der Waals surface area contributed by atoms with Gasteiger partial charge in [-0.2, -0.15) is 13.7 Å². The van der Waals surface area contributed by atoms with Gasteiger partial charge < -0.3 is 14.2 Å². The number of amides is 1. The zero-order valence-electron chi connectivity index (χ0n) is 19.2. The van der Waals surface area contributed by atoms with Gasteiger partial charge in [0.25, 0.3) is 17.3 Å². The fraction of sp³-hybridized carbons (Fsp3) is 0.0435. The first-order valence-electron chi connectivity index (χ1n) is 10.2. The zero-order chi connectivity index (χ0) is 28.0. The lowest BCUT2D eigenvalue weighted by molar-refractivity contribution is -0.387. The molecule has 0 spiro atoms. The average molecular weight is 559 g/mol. The summed E-state index contributed by atoms with van der Waals surface area (Å²) in [5.41, 5.74) is -1.27. The molecule has 1 amide bonds. The molecule has 0 bridgehead atoms. The van der Waals surface area contributed by atoms with E-state index in [4.69, 9.17) is 20.5 Å². The minimum Gasteiger partial charge on any atom is -0.493 e. The molecule has 0 saturated heterocycles. The van der Waals surface area contributed by atoms with Crippen LogP contribution in [0.2, 0.25) is 5.02 Å². The van der Waals surface area contributed by atoms with Gasteiger partial charge in [-0.3, -0.25) is 25.0 Å². The minimum absolute atomic E-state index is 0.0220. The number of nitro groups is 2. The van der Waals surface area contributed by atoms with Crippen molar-refractivity contribution in [3.05, 3.63) is 97.1 Å². The lowest BCUT2D eigenvalue weighted by Gasteiger charge is -2.12. The van der Waals surface area contributed by atoms with Crippen molar-refractivity contribution in [3.63, 3.8) is 0 Å². The van der Waals surface area contributed by atoms with E-state index in [1.165, 1.54) is 49.6 Å². The molecule has 0 atom stereocenters. The van der Waals surface area contributed by atoms with Gasteiger partial charge in [0, 0.05) is 17.8 Å². The maximum atomic E-state index is 12.7. The number of methoxy groups -OCH3 is 1. The van der Waals surface area contributed by atoms with Crippen LogP contribution in [0.3, 0.4) is 0 Å². The smallest absolute Gasteiger partial charge is 0.346 e. The number of ether oxygens (including phenoxy) is 1. The number of halogens is 1. The molecule has 0 radical (unpaired) electrons. The number of carbonyl (C=O) groups excluding carboxylic acids is 1. The summed E-state index contributed by atoms with van der Waals surface area (Å²) in [5, 5.41) is 33.9. The molecule has 0 fully saturated rings. The van der Waals surface area contributed by atoms with Crippen molar-refractivity contribution in [2.45, 2.75) is 4.90 Å². The van der Waals surface area contributed by atoms with Crippen LogP contribution in [0.5, 0.6) is 11.5 Å². The summed E-state index contributed by atoms with van der Waals surface area (Å²) in [6.07, 6.45) is 1.16. The molecule has 3 aromatic rings. The third-order valence-electron chi connectivity index (χ3n) is 4.80. The van der Waals surface area contributed by atoms with Gasteiger partial charge >= 0.3 is 10.1 Å². The van der Waals surface area contributed by atoms with E-state index in [-0.39, 0.29) is 27.8 Å². The first kappa shape index (κ1) is 27.6. The fourth-order valence-electron chi connectivity index (χ4n) is 3.07. The number of hydrogen-bond donors (Lipinski definition) is 1. The standard InChI is InChI=1S/C23H15ClN4O9S/c1-36-21-11-14(6-9-20(21)37-38(34,35)22-5-3-2-4-18(22)27(30)31)10-15(13-25)23(29)26-16-7-8-17(24)19(12-16)28(32)33/h2-12H,1H3,(H,26,29)/b15-10+. The van der Waals surface area contributed by atoms with Crippen LogP contribution >= 0.6 is 11.6 Å². The van der Waals surface area contributed by atoms with Crippen molar-refractivity contribution < 1.29 is 32.0 Å². The number of nitrogens with zero attached hydrogens (tertiary/aromatic N) is 3. The molecule has 0 aromatic heterocycles. The van der Waals surface area contributed by atoms with Gasteiger partial charge in [-0.15, -0.1) is 0 Å². The quantitative estimate of drug-likeness (QED) is 0.129. The molecular weight excluding hydrogens is 544 g/mol. The Morgan fingerprint density at radius 1 is 1.03 bits per heavy atom. The summed E-state index contributed by atoms with van der Waals surface area (Å²) in [5.74, 6) is -1.31. The first-order valence-corrected chi connectivity index (χ1v) is 12.0. The maximum absolute atomic E-state index is 12.7. The monoisotopic (exact) mass is 558 g/mol. The van der Waals surface area contributed by atoms with Crippen LogP contribution in [0, 0.1) is 31.6 Å². The highest BCUT2D eigenvalue weighted by atomic mass is 35.5. The summed E-state index contributed by atoms with van der Waals surface area (Å²) in [4.78, 5) is 32.6. The number of anilines is 1. The van der Waals surface area contributed by atoms with E-state index in [1.807, 2.05) is 0 Å². The molecule has 38 heavy (non-hydrogen) atoms. The minimum atomic E-state index is -4.63. The molecular formula is C23H15ClN4O9S. The van der Waals surface area contributed by atoms with Crippen LogP contribution in [0.15, 0.2) is 71.1 Å². The van der Waals surface area contributed by atoms with Gasteiger partial charge in [0.1, 0.15) is 16.7 Å². The van der Waals surface area contributed by atoms with E-state index < -0.39 is 47.7 Å². The average Bonchev–Trinajstić information content (AvgIpc) is 2.88. The molecule has 0 aliphatic rings. The summed E-state index contributed by atoms with van der Waals surface area (Å²) >= 11 is 5.75. The topological polar surface area (TPSA) is 192 Å². The normalized spacial score (nSPS) is 11.2. The molecule has 0 aliphatic carbocycles. The summed E-state index contributed by atoms with van der Waals surface area (Å²) in [7, 11) is -3.43. The largest absolute Gasteiger partial charge is 0.493 e. The van der Waals surface area contributed by atoms with Crippen molar-refractivity contribution in [1.82, 2.24) is 0 Å². The van der Waals surface area contributed by atoms with E-state index >= 15 is 0 Å². The van der Waals surface area contributed by atoms with Gasteiger partial charge in [-0.05, 0) is 42.0 Å². The molecule has 0 unspecified atom stereocenters. The Hall–Kier alpha value is -5.00. The highest BCUT2D eigenvalue weighted by Gasteiger charge is 2.28. The molecule has 0 heterocycles. The second-order valence-electron chi connectivity index (χ2n) is 7.22. The SMILES string of the molecule is COc1cc(/C=C(\C#N)C(=O)Nc2ccc(Cl)c([N+](=O)[O-])c2)ccc1OS(=O)(=O)c1ccccc1[N+](=O)[O-]. The number of nitriles is 1. The lowest BCUT2D eigenvalue weighted by Crippen LogP contribution is -2.13. The lowest BCUT2D eigenvalue weighted by atomic mass is 10.1. The molecule has 0 saturated carbocycles. The van der Waals surface area contributed by atoms with Gasteiger partial charge in [0.2, 0.25) is 0 Å². The van der Waals surface area contributed by atoms with Crippen LogP contribution in [-0.4, -0.2) is 31.3 Å². The van der Waals surface area contributed by atoms with Crippen molar-refractivity contribution in [3.8, 4) is 17.6 Å². The third-order valence-corrected chi connectivity index (χ3v) is 6.40. The number of nitro benzene ring substituents is 2. The van der Waals surface area contributed by atoms with Gasteiger partial charge in [0.15, 0.2) is 16.4 Å². The molecule has 15 heteroatoms. The van der Waals surface area contributed by atoms with Crippen molar-refractivity contribution >= 4 is 50.8 Å². The number of nitrogens with one attached hydrogen (secondary N) is 1. The summed E-state index contributed by atoms with van der Waals surface area (Å²) in [6, 6.07) is 13.6. The summed E-state index contributed by atoms with van der Waals surface area (Å²) in [6.45, 7) is 0. The molecule has 13 nitrogen and oxygen atoms in total. The number of hydrogen-bond acceptors (Lipinski definition) is 10. The van der Waals surface area contributed by atoms with Gasteiger partial charge in [0.05, 0.1) is 17.0 Å². The Morgan fingerprint density at radius 2 is 1.71 bits per heavy atom. The predicted molar refractivity (Wildman–Crippen MR) is 134 cm³/mol. The first-order chi connectivity index (χ1) is 18.0. The van der Waals surface area contributed by atoms with E-state index in [0.717, 1.165) is 24.3 Å². The highest BCUT2D eigenvalue weighted by molar-refractivity contribution is 7.87. The predicted octanol–water partition coefficient (Wildman–Crippen LogP) is 4.48. The van der Waals surface area contributed by atoms with Crippen molar-refractivity contribution in [1.29, 1.82) is 5.26 Å². The van der Waals surface area contributed by atoms with E-state index in [2.05, 4.69) is 5.32 Å². The molecule has 194 valence electrons. The molecule has 3 aromatic carbocycles.